The first kappa shape index (κ1) is 18.8. The SMILES string of the molecule is CCC1=C(Cl)N=C(N2CCN(C(=O)OC(C)(C)C)CC2)N=C(C)C1. The Morgan fingerprint density at radius 1 is 1.21 bits per heavy atom. The molecular weight excluding hydrogens is 328 g/mol. The molecule has 7 heteroatoms. The normalized spacial score (nSPS) is 19.8. The van der Waals surface area contributed by atoms with Crippen molar-refractivity contribution in [2.24, 2.45) is 9.98 Å². The van der Waals surface area contributed by atoms with Gasteiger partial charge in [-0.1, -0.05) is 18.5 Å². The van der Waals surface area contributed by atoms with Crippen molar-refractivity contribution in [1.82, 2.24) is 9.80 Å². The average molecular weight is 355 g/mol. The van der Waals surface area contributed by atoms with E-state index in [1.165, 1.54) is 0 Å². The van der Waals surface area contributed by atoms with Gasteiger partial charge >= 0.3 is 6.09 Å². The van der Waals surface area contributed by atoms with Crippen LogP contribution in [0, 0.1) is 0 Å². The van der Waals surface area contributed by atoms with Crippen LogP contribution in [0.5, 0.6) is 0 Å². The first-order valence-electron chi connectivity index (χ1n) is 8.43. The van der Waals surface area contributed by atoms with Crippen molar-refractivity contribution in [3.8, 4) is 0 Å². The molecule has 2 aliphatic heterocycles. The van der Waals surface area contributed by atoms with Gasteiger partial charge in [0.05, 0.1) is 0 Å². The maximum Gasteiger partial charge on any atom is 0.410 e. The van der Waals surface area contributed by atoms with Crippen LogP contribution in [0.2, 0.25) is 0 Å². The van der Waals surface area contributed by atoms with Crippen LogP contribution in [0.25, 0.3) is 0 Å². The summed E-state index contributed by atoms with van der Waals surface area (Å²) in [6, 6.07) is 0. The summed E-state index contributed by atoms with van der Waals surface area (Å²) in [5.74, 6) is 0.643. The predicted octanol–water partition coefficient (Wildman–Crippen LogP) is 3.62. The van der Waals surface area contributed by atoms with E-state index in [2.05, 4.69) is 21.8 Å². The third-order valence-electron chi connectivity index (χ3n) is 3.89. The molecule has 0 radical (unpaired) electrons. The van der Waals surface area contributed by atoms with E-state index in [0.29, 0.717) is 37.3 Å². The molecule has 2 rings (SSSR count). The van der Waals surface area contributed by atoms with Crippen molar-refractivity contribution in [3.63, 3.8) is 0 Å². The molecule has 0 aromatic carbocycles. The summed E-state index contributed by atoms with van der Waals surface area (Å²) in [6.45, 7) is 12.2. The van der Waals surface area contributed by atoms with Gasteiger partial charge in [-0.2, -0.15) is 0 Å². The Hall–Kier alpha value is -1.56. The second kappa shape index (κ2) is 7.55. The van der Waals surface area contributed by atoms with Crippen LogP contribution in [-0.2, 0) is 4.74 Å². The highest BCUT2D eigenvalue weighted by molar-refractivity contribution is 6.30. The zero-order valence-electron chi connectivity index (χ0n) is 15.2. The molecule has 0 aromatic heterocycles. The first-order valence-corrected chi connectivity index (χ1v) is 8.80. The molecule has 6 nitrogen and oxygen atoms in total. The lowest BCUT2D eigenvalue weighted by Crippen LogP contribution is -2.51. The van der Waals surface area contributed by atoms with Gasteiger partial charge in [-0.3, -0.25) is 0 Å². The maximum atomic E-state index is 12.1. The van der Waals surface area contributed by atoms with E-state index < -0.39 is 5.60 Å². The Morgan fingerprint density at radius 3 is 2.38 bits per heavy atom. The summed E-state index contributed by atoms with van der Waals surface area (Å²) >= 11 is 6.33. The Labute approximate surface area is 149 Å². The lowest BCUT2D eigenvalue weighted by molar-refractivity contribution is 0.0186. The number of carbonyl (C=O) groups excluding carboxylic acids is 1. The van der Waals surface area contributed by atoms with Gasteiger partial charge in [0.1, 0.15) is 10.8 Å². The number of piperazine rings is 1. The molecule has 24 heavy (non-hydrogen) atoms. The molecule has 0 bridgehead atoms. The molecule has 0 spiro atoms. The molecule has 1 fully saturated rings. The molecule has 2 aliphatic rings. The van der Waals surface area contributed by atoms with Crippen LogP contribution in [0.15, 0.2) is 20.7 Å². The quantitative estimate of drug-likeness (QED) is 0.676. The van der Waals surface area contributed by atoms with Crippen molar-refractivity contribution >= 4 is 29.4 Å². The zero-order valence-corrected chi connectivity index (χ0v) is 16.0. The third-order valence-corrected chi connectivity index (χ3v) is 4.24. The molecule has 0 unspecified atom stereocenters. The lowest BCUT2D eigenvalue weighted by atomic mass is 10.1. The van der Waals surface area contributed by atoms with E-state index >= 15 is 0 Å². The highest BCUT2D eigenvalue weighted by Gasteiger charge is 2.27. The molecular formula is C17H27ClN4O2. The van der Waals surface area contributed by atoms with Crippen LogP contribution in [0.3, 0.4) is 0 Å². The van der Waals surface area contributed by atoms with E-state index in [0.717, 1.165) is 24.1 Å². The molecule has 0 aliphatic carbocycles. The van der Waals surface area contributed by atoms with E-state index in [4.69, 9.17) is 16.3 Å². The third kappa shape index (κ3) is 4.97. The molecule has 0 aromatic rings. The fourth-order valence-corrected chi connectivity index (χ4v) is 2.89. The molecule has 2 heterocycles. The van der Waals surface area contributed by atoms with Gasteiger partial charge in [0.15, 0.2) is 0 Å². The number of hydrogen-bond donors (Lipinski definition) is 0. The van der Waals surface area contributed by atoms with Crippen molar-refractivity contribution in [2.75, 3.05) is 26.2 Å². The van der Waals surface area contributed by atoms with Crippen LogP contribution < -0.4 is 0 Å². The average Bonchev–Trinajstić information content (AvgIpc) is 2.64. The van der Waals surface area contributed by atoms with Gasteiger partial charge in [0, 0.05) is 38.3 Å². The van der Waals surface area contributed by atoms with Gasteiger partial charge in [0.2, 0.25) is 5.96 Å². The van der Waals surface area contributed by atoms with Crippen molar-refractivity contribution in [1.29, 1.82) is 0 Å². The number of carbonyl (C=O) groups is 1. The number of allylic oxidation sites excluding steroid dienone is 1. The number of hydrogen-bond acceptors (Lipinski definition) is 5. The molecule has 0 saturated carbocycles. The van der Waals surface area contributed by atoms with Gasteiger partial charge in [0.25, 0.3) is 0 Å². The minimum atomic E-state index is -0.476. The Balaban J connectivity index is 2.03. The number of halogens is 1. The summed E-state index contributed by atoms with van der Waals surface area (Å²) in [4.78, 5) is 25.0. The summed E-state index contributed by atoms with van der Waals surface area (Å²) in [5, 5.41) is 0.544. The van der Waals surface area contributed by atoms with Crippen LogP contribution >= 0.6 is 11.6 Å². The Bertz CT molecular complexity index is 582. The number of guanidine groups is 1. The summed E-state index contributed by atoms with van der Waals surface area (Å²) in [6.07, 6.45) is 1.37. The van der Waals surface area contributed by atoms with E-state index in [1.807, 2.05) is 27.7 Å². The maximum absolute atomic E-state index is 12.1. The minimum absolute atomic E-state index is 0.268. The molecule has 0 atom stereocenters. The largest absolute Gasteiger partial charge is 0.444 e. The van der Waals surface area contributed by atoms with Gasteiger partial charge in [-0.15, -0.1) is 0 Å². The van der Waals surface area contributed by atoms with Crippen molar-refractivity contribution < 1.29 is 9.53 Å². The summed E-state index contributed by atoms with van der Waals surface area (Å²) in [5.41, 5.74) is 1.65. The summed E-state index contributed by atoms with van der Waals surface area (Å²) < 4.78 is 5.42. The first-order chi connectivity index (χ1) is 11.2. The van der Waals surface area contributed by atoms with Crippen LogP contribution in [0.1, 0.15) is 47.5 Å². The fraction of sp³-hybridized carbons (Fsp3) is 0.706. The zero-order chi connectivity index (χ0) is 17.9. The molecule has 0 N–H and O–H groups in total. The number of aliphatic imine (C=N–C) groups is 2. The lowest BCUT2D eigenvalue weighted by Gasteiger charge is -2.36. The predicted molar refractivity (Wildman–Crippen MR) is 97.7 cm³/mol. The van der Waals surface area contributed by atoms with Gasteiger partial charge in [-0.25, -0.2) is 14.8 Å². The van der Waals surface area contributed by atoms with E-state index in [1.54, 1.807) is 4.90 Å². The number of ether oxygens (including phenoxy) is 1. The Morgan fingerprint density at radius 2 is 1.83 bits per heavy atom. The summed E-state index contributed by atoms with van der Waals surface area (Å²) in [7, 11) is 0. The monoisotopic (exact) mass is 354 g/mol. The topological polar surface area (TPSA) is 57.5 Å². The molecule has 134 valence electrons. The fourth-order valence-electron chi connectivity index (χ4n) is 2.61. The van der Waals surface area contributed by atoms with Crippen molar-refractivity contribution in [3.05, 3.63) is 10.7 Å². The van der Waals surface area contributed by atoms with E-state index in [-0.39, 0.29) is 6.09 Å². The second-order valence-corrected chi connectivity index (χ2v) is 7.50. The number of rotatable bonds is 1. The second-order valence-electron chi connectivity index (χ2n) is 7.14. The standard InChI is InChI=1S/C17H27ClN4O2/c1-6-13-11-12(2)19-15(20-14(13)18)21-7-9-22(10-8-21)16(23)24-17(3,4)5/h6-11H2,1-5H3. The highest BCUT2D eigenvalue weighted by atomic mass is 35.5. The van der Waals surface area contributed by atoms with E-state index in [9.17, 15) is 4.79 Å². The minimum Gasteiger partial charge on any atom is -0.444 e. The smallest absolute Gasteiger partial charge is 0.410 e. The Kier molecular flexibility index (Phi) is 5.91. The number of nitrogens with zero attached hydrogens (tertiary/aromatic N) is 4. The van der Waals surface area contributed by atoms with Crippen LogP contribution in [-0.4, -0.2) is 59.3 Å². The molecule has 1 saturated heterocycles. The van der Waals surface area contributed by atoms with Gasteiger partial charge in [-0.05, 0) is 39.7 Å². The van der Waals surface area contributed by atoms with Crippen LogP contribution in [0.4, 0.5) is 4.79 Å². The van der Waals surface area contributed by atoms with Crippen molar-refractivity contribution in [2.45, 2.75) is 53.1 Å². The highest BCUT2D eigenvalue weighted by Crippen LogP contribution is 2.23. The van der Waals surface area contributed by atoms with Gasteiger partial charge < -0.3 is 14.5 Å². The molecule has 1 amide bonds. The number of amides is 1.